The number of thiophene rings is 1. The molecule has 0 saturated carbocycles. The van der Waals surface area contributed by atoms with E-state index in [2.05, 4.69) is 10.00 Å². The molecule has 3 heterocycles. The molecule has 0 unspecified atom stereocenters. The molecule has 0 radical (unpaired) electrons. The van der Waals surface area contributed by atoms with Gasteiger partial charge in [0.05, 0.1) is 16.1 Å². The summed E-state index contributed by atoms with van der Waals surface area (Å²) in [5.41, 5.74) is -2.24. The quantitative estimate of drug-likeness (QED) is 0.517. The van der Waals surface area contributed by atoms with Gasteiger partial charge < -0.3 is 4.90 Å². The summed E-state index contributed by atoms with van der Waals surface area (Å²) in [6.07, 6.45) is -4.03. The Morgan fingerprint density at radius 2 is 1.81 bits per heavy atom. The third-order valence-corrected chi connectivity index (χ3v) is 6.23. The molecule has 1 amide bonds. The van der Waals surface area contributed by atoms with E-state index >= 15 is 0 Å². The van der Waals surface area contributed by atoms with Crippen molar-refractivity contribution >= 4 is 28.8 Å². The Kier molecular flexibility index (Phi) is 6.05. The number of nitrogens with zero attached hydrogens (tertiary/aromatic N) is 4. The number of para-hydroxylation sites is 1. The number of carbonyl (C=O) groups is 1. The highest BCUT2D eigenvalue weighted by molar-refractivity contribution is 7.16. The normalized spacial score (nSPS) is 15.5. The first-order valence-electron chi connectivity index (χ1n) is 9.40. The molecule has 1 aromatic carbocycles. The Morgan fingerprint density at radius 3 is 2.42 bits per heavy atom. The Labute approximate surface area is 184 Å². The number of carbonyl (C=O) groups excluding carboxylic acids is 1. The van der Waals surface area contributed by atoms with Gasteiger partial charge in [0.1, 0.15) is 11.5 Å². The van der Waals surface area contributed by atoms with Crippen molar-refractivity contribution < 1.29 is 22.4 Å². The minimum atomic E-state index is -4.88. The highest BCUT2D eigenvalue weighted by Gasteiger charge is 2.42. The van der Waals surface area contributed by atoms with Crippen LogP contribution < -0.4 is 0 Å². The molecule has 0 N–H and O–H groups in total. The van der Waals surface area contributed by atoms with Crippen molar-refractivity contribution in [2.75, 3.05) is 26.2 Å². The molecule has 2 aromatic heterocycles. The molecule has 1 saturated heterocycles. The molecular weight excluding hydrogens is 456 g/mol. The van der Waals surface area contributed by atoms with E-state index in [9.17, 15) is 22.4 Å². The summed E-state index contributed by atoms with van der Waals surface area (Å²) in [5, 5.41) is 3.69. The Hall–Kier alpha value is -2.43. The predicted molar refractivity (Wildman–Crippen MR) is 109 cm³/mol. The second-order valence-electron chi connectivity index (χ2n) is 7.04. The number of halogens is 5. The van der Waals surface area contributed by atoms with Gasteiger partial charge in [0.25, 0.3) is 5.91 Å². The average molecular weight is 473 g/mol. The zero-order chi connectivity index (χ0) is 22.2. The van der Waals surface area contributed by atoms with Gasteiger partial charge in [-0.2, -0.15) is 18.3 Å². The number of benzene rings is 1. The van der Waals surface area contributed by atoms with Crippen LogP contribution in [0.3, 0.4) is 0 Å². The lowest BCUT2D eigenvalue weighted by Crippen LogP contribution is -2.48. The fourth-order valence-corrected chi connectivity index (χ4v) is 4.65. The highest BCUT2D eigenvalue weighted by atomic mass is 35.5. The van der Waals surface area contributed by atoms with Crippen molar-refractivity contribution in [2.24, 2.45) is 0 Å². The summed E-state index contributed by atoms with van der Waals surface area (Å²) in [6, 6.07) is 8.73. The summed E-state index contributed by atoms with van der Waals surface area (Å²) < 4.78 is 56.7. The SMILES string of the molecule is O=C(c1cnn(-c2ccccc2F)c1C(F)(F)F)N1CCN(Cc2ccc(Cl)s2)CC1. The fraction of sp³-hybridized carbons (Fsp3) is 0.300. The van der Waals surface area contributed by atoms with Crippen molar-refractivity contribution in [1.29, 1.82) is 0 Å². The van der Waals surface area contributed by atoms with Crippen LogP contribution in [0.4, 0.5) is 17.6 Å². The second kappa shape index (κ2) is 8.60. The Balaban J connectivity index is 1.53. The number of aromatic nitrogens is 2. The van der Waals surface area contributed by atoms with Crippen molar-refractivity contribution in [3.63, 3.8) is 0 Å². The van der Waals surface area contributed by atoms with Gasteiger partial charge in [0, 0.05) is 37.6 Å². The molecule has 1 aliphatic rings. The van der Waals surface area contributed by atoms with Crippen LogP contribution in [-0.4, -0.2) is 51.7 Å². The summed E-state index contributed by atoms with van der Waals surface area (Å²) >= 11 is 7.41. The van der Waals surface area contributed by atoms with Gasteiger partial charge in [-0.3, -0.25) is 9.69 Å². The van der Waals surface area contributed by atoms with Crippen molar-refractivity contribution in [3.05, 3.63) is 68.9 Å². The first-order chi connectivity index (χ1) is 14.7. The first kappa shape index (κ1) is 21.8. The van der Waals surface area contributed by atoms with E-state index in [0.29, 0.717) is 28.7 Å². The average Bonchev–Trinajstić information content (AvgIpc) is 3.34. The third kappa shape index (κ3) is 4.60. The molecule has 3 aromatic rings. The van der Waals surface area contributed by atoms with E-state index in [0.717, 1.165) is 17.1 Å². The van der Waals surface area contributed by atoms with E-state index in [1.807, 2.05) is 12.1 Å². The molecule has 1 fully saturated rings. The molecule has 4 rings (SSSR count). The smallest absolute Gasteiger partial charge is 0.336 e. The van der Waals surface area contributed by atoms with Crippen LogP contribution in [0.25, 0.3) is 5.69 Å². The van der Waals surface area contributed by atoms with E-state index < -0.39 is 29.2 Å². The fourth-order valence-electron chi connectivity index (χ4n) is 3.52. The number of rotatable bonds is 4. The number of hydrogen-bond acceptors (Lipinski definition) is 4. The minimum absolute atomic E-state index is 0.278. The van der Waals surface area contributed by atoms with Crippen molar-refractivity contribution in [2.45, 2.75) is 12.7 Å². The zero-order valence-corrected chi connectivity index (χ0v) is 17.6. The van der Waals surface area contributed by atoms with Crippen molar-refractivity contribution in [3.8, 4) is 5.69 Å². The number of hydrogen-bond donors (Lipinski definition) is 0. The first-order valence-corrected chi connectivity index (χ1v) is 10.6. The molecule has 5 nitrogen and oxygen atoms in total. The molecular formula is C20H17ClF4N4OS. The summed E-state index contributed by atoms with van der Waals surface area (Å²) in [7, 11) is 0. The van der Waals surface area contributed by atoms with Gasteiger partial charge in [-0.1, -0.05) is 23.7 Å². The molecule has 11 heteroatoms. The molecule has 31 heavy (non-hydrogen) atoms. The van der Waals surface area contributed by atoms with Crippen LogP contribution in [0.2, 0.25) is 4.34 Å². The van der Waals surface area contributed by atoms with Crippen LogP contribution in [-0.2, 0) is 12.7 Å². The molecule has 0 spiro atoms. The lowest BCUT2D eigenvalue weighted by molar-refractivity contribution is -0.143. The van der Waals surface area contributed by atoms with Gasteiger partial charge >= 0.3 is 6.18 Å². The monoisotopic (exact) mass is 472 g/mol. The Morgan fingerprint density at radius 1 is 1.10 bits per heavy atom. The van der Waals surface area contributed by atoms with E-state index in [-0.39, 0.29) is 18.8 Å². The van der Waals surface area contributed by atoms with E-state index in [1.54, 1.807) is 0 Å². The van der Waals surface area contributed by atoms with Crippen LogP contribution in [0, 0.1) is 5.82 Å². The molecule has 1 aliphatic heterocycles. The molecule has 164 valence electrons. The summed E-state index contributed by atoms with van der Waals surface area (Å²) in [5.74, 6) is -1.63. The van der Waals surface area contributed by atoms with E-state index in [4.69, 9.17) is 11.6 Å². The van der Waals surface area contributed by atoms with Gasteiger partial charge in [0.2, 0.25) is 0 Å². The van der Waals surface area contributed by atoms with Gasteiger partial charge in [-0.25, -0.2) is 9.07 Å². The standard InChI is InChI=1S/C20H17ClF4N4OS/c21-17-6-5-13(31-17)12-27-7-9-28(10-8-27)19(30)14-11-26-29(18(14)20(23,24)25)16-4-2-1-3-15(16)22/h1-6,11H,7-10,12H2. The van der Waals surface area contributed by atoms with Gasteiger partial charge in [0.15, 0.2) is 5.69 Å². The maximum Gasteiger partial charge on any atom is 0.434 e. The second-order valence-corrected chi connectivity index (χ2v) is 8.84. The Bertz CT molecular complexity index is 1090. The topological polar surface area (TPSA) is 41.4 Å². The molecule has 0 atom stereocenters. The number of amides is 1. The summed E-state index contributed by atoms with van der Waals surface area (Å²) in [6.45, 7) is 2.26. The minimum Gasteiger partial charge on any atom is -0.336 e. The van der Waals surface area contributed by atoms with Crippen LogP contribution in [0.5, 0.6) is 0 Å². The van der Waals surface area contributed by atoms with Crippen LogP contribution in [0.15, 0.2) is 42.6 Å². The van der Waals surface area contributed by atoms with Crippen LogP contribution >= 0.6 is 22.9 Å². The molecule has 0 aliphatic carbocycles. The molecule has 0 bridgehead atoms. The van der Waals surface area contributed by atoms with Crippen LogP contribution in [0.1, 0.15) is 20.9 Å². The lowest BCUT2D eigenvalue weighted by Gasteiger charge is -2.34. The largest absolute Gasteiger partial charge is 0.434 e. The zero-order valence-electron chi connectivity index (χ0n) is 16.1. The lowest BCUT2D eigenvalue weighted by atomic mass is 10.1. The van der Waals surface area contributed by atoms with Gasteiger partial charge in [-0.15, -0.1) is 11.3 Å². The highest BCUT2D eigenvalue weighted by Crippen LogP contribution is 2.35. The maximum atomic E-state index is 14.1. The van der Waals surface area contributed by atoms with E-state index in [1.165, 1.54) is 34.4 Å². The van der Waals surface area contributed by atoms with Crippen molar-refractivity contribution in [1.82, 2.24) is 19.6 Å². The summed E-state index contributed by atoms with van der Waals surface area (Å²) in [4.78, 5) is 17.5. The third-order valence-electron chi connectivity index (χ3n) is 5.02. The van der Waals surface area contributed by atoms with Gasteiger partial charge in [-0.05, 0) is 24.3 Å². The number of alkyl halides is 3. The predicted octanol–water partition coefficient (Wildman–Crippen LogP) is 4.70. The maximum absolute atomic E-state index is 14.1. The number of piperazine rings is 1.